The molecule has 30 heavy (non-hydrogen) atoms. The zero-order valence-electron chi connectivity index (χ0n) is 15.6. The topological polar surface area (TPSA) is 124 Å². The van der Waals surface area contributed by atoms with Gasteiger partial charge in [-0.05, 0) is 36.2 Å². The van der Waals surface area contributed by atoms with Gasteiger partial charge in [-0.2, -0.15) is 4.37 Å². The third kappa shape index (κ3) is 5.50. The number of halogens is 2. The lowest BCUT2D eigenvalue weighted by molar-refractivity contribution is 0.0996. The molecular weight excluding hydrogens is 418 g/mol. The van der Waals surface area contributed by atoms with Crippen molar-refractivity contribution in [3.63, 3.8) is 0 Å². The molecule has 3 rings (SSSR count). The monoisotopic (exact) mass is 436 g/mol. The lowest BCUT2D eigenvalue weighted by atomic mass is 10.2. The molecule has 0 saturated carbocycles. The highest BCUT2D eigenvalue weighted by Gasteiger charge is 2.22. The standard InChI is InChI=1S/C18H18F2N6O3S/c19-12-2-3-13(20)11(8-12)9-29-16-14(15(21)27)17(30-25-16)24-18(28)23-4-1-6-26-7-5-22-10-26/h2-3,5,7-8,10H,1,4,6,9H2,(H2,21,27)(H2,23,24,28). The number of carbonyl (C=O) groups excluding carboxylic acids is 2. The van der Waals surface area contributed by atoms with Crippen molar-refractivity contribution in [3.8, 4) is 5.88 Å². The maximum Gasteiger partial charge on any atom is 0.319 e. The summed E-state index contributed by atoms with van der Waals surface area (Å²) < 4.78 is 38.1. The highest BCUT2D eigenvalue weighted by atomic mass is 32.1. The average molecular weight is 436 g/mol. The molecule has 2 aromatic heterocycles. The number of ether oxygens (including phenoxy) is 1. The van der Waals surface area contributed by atoms with E-state index in [-0.39, 0.29) is 28.6 Å². The Balaban J connectivity index is 1.57. The van der Waals surface area contributed by atoms with Crippen LogP contribution in [0.25, 0.3) is 0 Å². The third-order valence-electron chi connectivity index (χ3n) is 3.94. The lowest BCUT2D eigenvalue weighted by Gasteiger charge is -2.08. The number of benzene rings is 1. The van der Waals surface area contributed by atoms with Gasteiger partial charge in [-0.3, -0.25) is 10.1 Å². The Morgan fingerprint density at radius 3 is 2.87 bits per heavy atom. The number of hydrogen-bond acceptors (Lipinski definition) is 6. The summed E-state index contributed by atoms with van der Waals surface area (Å²) in [6.45, 7) is 0.701. The van der Waals surface area contributed by atoms with Crippen LogP contribution < -0.4 is 21.1 Å². The van der Waals surface area contributed by atoms with Gasteiger partial charge < -0.3 is 20.4 Å². The van der Waals surface area contributed by atoms with Crippen LogP contribution in [0.1, 0.15) is 22.3 Å². The van der Waals surface area contributed by atoms with E-state index >= 15 is 0 Å². The number of carbonyl (C=O) groups is 2. The van der Waals surface area contributed by atoms with Crippen LogP contribution in [0.4, 0.5) is 18.6 Å². The van der Waals surface area contributed by atoms with Crippen molar-refractivity contribution >= 4 is 28.5 Å². The average Bonchev–Trinajstić information content (AvgIpc) is 3.36. The number of aryl methyl sites for hydroxylation is 1. The zero-order chi connectivity index (χ0) is 21.5. The van der Waals surface area contributed by atoms with Crippen LogP contribution in [0.2, 0.25) is 0 Å². The minimum atomic E-state index is -0.881. The Morgan fingerprint density at radius 2 is 2.13 bits per heavy atom. The van der Waals surface area contributed by atoms with E-state index in [2.05, 4.69) is 20.0 Å². The number of nitrogens with two attached hydrogens (primary N) is 1. The number of amides is 3. The minimum Gasteiger partial charge on any atom is -0.471 e. The van der Waals surface area contributed by atoms with Gasteiger partial charge in [0.1, 0.15) is 28.8 Å². The number of imidazole rings is 1. The summed E-state index contributed by atoms with van der Waals surface area (Å²) in [4.78, 5) is 27.8. The fourth-order valence-electron chi connectivity index (χ4n) is 2.51. The summed E-state index contributed by atoms with van der Waals surface area (Å²) >= 11 is 0.785. The molecule has 0 aliphatic rings. The van der Waals surface area contributed by atoms with Crippen molar-refractivity contribution < 1.29 is 23.1 Å². The summed E-state index contributed by atoms with van der Waals surface area (Å²) in [7, 11) is 0. The van der Waals surface area contributed by atoms with Crippen LogP contribution in [-0.2, 0) is 13.2 Å². The normalized spacial score (nSPS) is 10.6. The van der Waals surface area contributed by atoms with Gasteiger partial charge >= 0.3 is 6.03 Å². The van der Waals surface area contributed by atoms with E-state index in [4.69, 9.17) is 10.5 Å². The SMILES string of the molecule is NC(=O)c1c(OCc2cc(F)ccc2F)nsc1NC(=O)NCCCn1ccnc1. The molecule has 0 bridgehead atoms. The first-order chi connectivity index (χ1) is 14.4. The molecule has 158 valence electrons. The van der Waals surface area contributed by atoms with Gasteiger partial charge in [0.15, 0.2) is 0 Å². The molecule has 0 radical (unpaired) electrons. The lowest BCUT2D eigenvalue weighted by Crippen LogP contribution is -2.30. The Labute approximate surface area is 174 Å². The number of primary amides is 1. The number of hydrogen-bond donors (Lipinski definition) is 3. The number of nitrogens with zero attached hydrogens (tertiary/aromatic N) is 3. The van der Waals surface area contributed by atoms with Crippen LogP contribution >= 0.6 is 11.5 Å². The Bertz CT molecular complexity index is 1030. The van der Waals surface area contributed by atoms with E-state index in [1.54, 1.807) is 12.5 Å². The quantitative estimate of drug-likeness (QED) is 0.445. The fraction of sp³-hybridized carbons (Fsp3) is 0.222. The Hall–Kier alpha value is -3.54. The van der Waals surface area contributed by atoms with E-state index < -0.39 is 23.6 Å². The molecule has 1 aromatic carbocycles. The molecule has 3 amide bonds. The van der Waals surface area contributed by atoms with Gasteiger partial charge in [-0.15, -0.1) is 0 Å². The van der Waals surface area contributed by atoms with Gasteiger partial charge in [0, 0.05) is 31.0 Å². The third-order valence-corrected chi connectivity index (χ3v) is 4.69. The summed E-state index contributed by atoms with van der Waals surface area (Å²) in [5.74, 6) is -2.35. The maximum atomic E-state index is 13.7. The van der Waals surface area contributed by atoms with Crippen LogP contribution in [0.15, 0.2) is 36.9 Å². The second-order valence-corrected chi connectivity index (χ2v) is 6.89. The molecule has 0 saturated heterocycles. The molecule has 0 aliphatic heterocycles. The first-order valence-corrected chi connectivity index (χ1v) is 9.58. The van der Waals surface area contributed by atoms with Gasteiger partial charge in [-0.1, -0.05) is 0 Å². The van der Waals surface area contributed by atoms with Crippen LogP contribution in [0.3, 0.4) is 0 Å². The summed E-state index contributed by atoms with van der Waals surface area (Å²) in [5, 5.41) is 5.24. The van der Waals surface area contributed by atoms with E-state index in [9.17, 15) is 18.4 Å². The van der Waals surface area contributed by atoms with Crippen molar-refractivity contribution in [2.75, 3.05) is 11.9 Å². The first kappa shape index (κ1) is 21.2. The maximum absolute atomic E-state index is 13.7. The fourth-order valence-corrected chi connectivity index (χ4v) is 3.24. The van der Waals surface area contributed by atoms with Gasteiger partial charge in [0.05, 0.1) is 6.33 Å². The molecule has 0 atom stereocenters. The van der Waals surface area contributed by atoms with Gasteiger partial charge in [0.25, 0.3) is 5.91 Å². The molecule has 2 heterocycles. The molecule has 0 aliphatic carbocycles. The van der Waals surface area contributed by atoms with Gasteiger partial charge in [-0.25, -0.2) is 18.6 Å². The highest BCUT2D eigenvalue weighted by molar-refractivity contribution is 7.11. The molecule has 3 aromatic rings. The molecule has 0 spiro atoms. The Kier molecular flexibility index (Phi) is 6.91. The number of rotatable bonds is 9. The number of nitrogens with one attached hydrogen (secondary N) is 2. The van der Waals surface area contributed by atoms with E-state index in [1.165, 1.54) is 0 Å². The first-order valence-electron chi connectivity index (χ1n) is 8.81. The minimum absolute atomic E-state index is 0.0523. The molecule has 9 nitrogen and oxygen atoms in total. The molecule has 4 N–H and O–H groups in total. The summed E-state index contributed by atoms with van der Waals surface area (Å²) in [5.41, 5.74) is 5.17. The van der Waals surface area contributed by atoms with Gasteiger partial charge in [0.2, 0.25) is 5.88 Å². The van der Waals surface area contributed by atoms with Crippen LogP contribution in [0.5, 0.6) is 5.88 Å². The van der Waals surface area contributed by atoms with Crippen molar-refractivity contribution in [3.05, 3.63) is 59.7 Å². The smallest absolute Gasteiger partial charge is 0.319 e. The predicted octanol–water partition coefficient (Wildman–Crippen LogP) is 2.51. The highest BCUT2D eigenvalue weighted by Crippen LogP contribution is 2.30. The summed E-state index contributed by atoms with van der Waals surface area (Å²) in [6, 6.07) is 2.37. The predicted molar refractivity (Wildman–Crippen MR) is 105 cm³/mol. The molecule has 0 unspecified atom stereocenters. The summed E-state index contributed by atoms with van der Waals surface area (Å²) in [6.07, 6.45) is 5.82. The zero-order valence-corrected chi connectivity index (χ0v) is 16.4. The van der Waals surface area contributed by atoms with Crippen molar-refractivity contribution in [1.82, 2.24) is 19.2 Å². The molecule has 0 fully saturated rings. The van der Waals surface area contributed by atoms with E-state index in [1.807, 2.05) is 10.8 Å². The van der Waals surface area contributed by atoms with E-state index in [0.717, 1.165) is 29.7 Å². The van der Waals surface area contributed by atoms with Crippen molar-refractivity contribution in [2.24, 2.45) is 5.73 Å². The van der Waals surface area contributed by atoms with Crippen molar-refractivity contribution in [2.45, 2.75) is 19.6 Å². The van der Waals surface area contributed by atoms with Crippen LogP contribution in [0, 0.1) is 11.6 Å². The Morgan fingerprint density at radius 1 is 1.30 bits per heavy atom. The van der Waals surface area contributed by atoms with Crippen LogP contribution in [-0.4, -0.2) is 32.4 Å². The number of aromatic nitrogens is 3. The molecule has 12 heteroatoms. The largest absolute Gasteiger partial charge is 0.471 e. The van der Waals surface area contributed by atoms with Crippen molar-refractivity contribution in [1.29, 1.82) is 0 Å². The number of urea groups is 1. The second-order valence-electron chi connectivity index (χ2n) is 6.12. The van der Waals surface area contributed by atoms with E-state index in [0.29, 0.717) is 19.5 Å². The molecular formula is C18H18F2N6O3S. The second kappa shape index (κ2) is 9.78. The number of anilines is 1.